The summed E-state index contributed by atoms with van der Waals surface area (Å²) in [7, 11) is -1.68. The van der Waals surface area contributed by atoms with Crippen LogP contribution in [0.3, 0.4) is 0 Å². The zero-order valence-corrected chi connectivity index (χ0v) is 15.2. The van der Waals surface area contributed by atoms with Crippen LogP contribution in [0.15, 0.2) is 41.8 Å². The summed E-state index contributed by atoms with van der Waals surface area (Å²) in [5.74, 6) is 0.414. The first kappa shape index (κ1) is 17.2. The molecular formula is C18H25N3O2S. The summed E-state index contributed by atoms with van der Waals surface area (Å²) >= 11 is 0. The third kappa shape index (κ3) is 3.70. The van der Waals surface area contributed by atoms with Gasteiger partial charge in [0, 0.05) is 26.3 Å². The smallest absolute Gasteiger partial charge is 0.262 e. The van der Waals surface area contributed by atoms with Crippen LogP contribution >= 0.6 is 0 Å². The topological polar surface area (TPSA) is 55.2 Å². The third-order valence-corrected chi connectivity index (χ3v) is 6.60. The van der Waals surface area contributed by atoms with Gasteiger partial charge in [-0.2, -0.15) is 4.31 Å². The van der Waals surface area contributed by atoms with Crippen LogP contribution in [0.1, 0.15) is 30.4 Å². The molecule has 1 aromatic heterocycles. The van der Waals surface area contributed by atoms with Gasteiger partial charge in [0.2, 0.25) is 0 Å². The maximum atomic E-state index is 12.7. The molecule has 2 aromatic rings. The van der Waals surface area contributed by atoms with Gasteiger partial charge in [-0.1, -0.05) is 24.3 Å². The Morgan fingerprint density at radius 2 is 2.08 bits per heavy atom. The van der Waals surface area contributed by atoms with Crippen molar-refractivity contribution in [2.75, 3.05) is 13.1 Å². The van der Waals surface area contributed by atoms with Crippen LogP contribution < -0.4 is 0 Å². The van der Waals surface area contributed by atoms with Gasteiger partial charge >= 0.3 is 0 Å². The Kier molecular flexibility index (Phi) is 5.06. The van der Waals surface area contributed by atoms with Crippen molar-refractivity contribution in [2.24, 2.45) is 13.0 Å². The number of aryl methyl sites for hydroxylation is 3. The van der Waals surface area contributed by atoms with Crippen LogP contribution in [0.25, 0.3) is 0 Å². The first-order chi connectivity index (χ1) is 11.5. The molecule has 1 atom stereocenters. The summed E-state index contributed by atoms with van der Waals surface area (Å²) in [5, 5.41) is 0.157. The van der Waals surface area contributed by atoms with Gasteiger partial charge in [0.25, 0.3) is 10.0 Å². The Balaban J connectivity index is 1.65. The van der Waals surface area contributed by atoms with E-state index in [1.807, 2.05) is 0 Å². The molecule has 0 N–H and O–H groups in total. The molecule has 1 unspecified atom stereocenters. The van der Waals surface area contributed by atoms with Crippen LogP contribution in [-0.2, 0) is 23.5 Å². The van der Waals surface area contributed by atoms with E-state index in [9.17, 15) is 8.42 Å². The molecule has 1 aliphatic rings. The van der Waals surface area contributed by atoms with Gasteiger partial charge < -0.3 is 4.57 Å². The highest BCUT2D eigenvalue weighted by molar-refractivity contribution is 7.89. The lowest BCUT2D eigenvalue weighted by molar-refractivity contribution is 0.255. The predicted molar refractivity (Wildman–Crippen MR) is 94.2 cm³/mol. The molecule has 0 saturated carbocycles. The molecule has 0 bridgehead atoms. The van der Waals surface area contributed by atoms with Crippen molar-refractivity contribution in [2.45, 2.75) is 37.6 Å². The van der Waals surface area contributed by atoms with Crippen molar-refractivity contribution in [3.05, 3.63) is 47.9 Å². The van der Waals surface area contributed by atoms with Crippen LogP contribution in [-0.4, -0.2) is 35.4 Å². The third-order valence-electron chi connectivity index (χ3n) is 4.85. The van der Waals surface area contributed by atoms with Crippen LogP contribution in [0.2, 0.25) is 0 Å². The standard InChI is InChI=1S/C18H25N3O2S/c1-15-6-3-4-8-17(15)10-9-16-7-5-11-21(12-16)24(22,23)18-13-20(2)14-19-18/h3-4,6,8,13-14,16H,5,7,9-12H2,1-2H3. The average molecular weight is 347 g/mol. The van der Waals surface area contributed by atoms with Crippen molar-refractivity contribution in [1.29, 1.82) is 0 Å². The highest BCUT2D eigenvalue weighted by atomic mass is 32.2. The second-order valence-corrected chi connectivity index (χ2v) is 8.60. The number of rotatable bonds is 5. The second-order valence-electron chi connectivity index (χ2n) is 6.71. The van der Waals surface area contributed by atoms with E-state index in [-0.39, 0.29) is 5.03 Å². The number of nitrogens with zero attached hydrogens (tertiary/aromatic N) is 3. The van der Waals surface area contributed by atoms with Crippen LogP contribution in [0.4, 0.5) is 0 Å². The Hall–Kier alpha value is -1.66. The lowest BCUT2D eigenvalue weighted by Crippen LogP contribution is -2.40. The molecule has 6 heteroatoms. The van der Waals surface area contributed by atoms with Crippen LogP contribution in [0, 0.1) is 12.8 Å². The summed E-state index contributed by atoms with van der Waals surface area (Å²) in [6, 6.07) is 8.43. The molecule has 0 amide bonds. The summed E-state index contributed by atoms with van der Waals surface area (Å²) in [4.78, 5) is 4.03. The number of sulfonamides is 1. The molecule has 130 valence electrons. The van der Waals surface area contributed by atoms with Crippen molar-refractivity contribution in [3.63, 3.8) is 0 Å². The van der Waals surface area contributed by atoms with E-state index in [0.29, 0.717) is 19.0 Å². The Labute approximate surface area is 144 Å². The van der Waals surface area contributed by atoms with Gasteiger partial charge in [-0.3, -0.25) is 0 Å². The molecule has 24 heavy (non-hydrogen) atoms. The number of benzene rings is 1. The summed E-state index contributed by atoms with van der Waals surface area (Å²) in [5.41, 5.74) is 2.67. The number of hydrogen-bond donors (Lipinski definition) is 0. The van der Waals surface area contributed by atoms with Gasteiger partial charge in [0.1, 0.15) is 0 Å². The highest BCUT2D eigenvalue weighted by Crippen LogP contribution is 2.26. The fourth-order valence-electron chi connectivity index (χ4n) is 3.39. The fraction of sp³-hybridized carbons (Fsp3) is 0.500. The molecule has 2 heterocycles. The van der Waals surface area contributed by atoms with E-state index in [0.717, 1.165) is 25.7 Å². The molecule has 0 spiro atoms. The normalized spacial score (nSPS) is 19.5. The second kappa shape index (κ2) is 7.07. The molecule has 1 aromatic carbocycles. The Morgan fingerprint density at radius 1 is 1.29 bits per heavy atom. The van der Waals surface area contributed by atoms with Crippen molar-refractivity contribution in [1.82, 2.24) is 13.9 Å². The van der Waals surface area contributed by atoms with Gasteiger partial charge in [-0.25, -0.2) is 13.4 Å². The van der Waals surface area contributed by atoms with E-state index >= 15 is 0 Å². The fourth-order valence-corrected chi connectivity index (χ4v) is 4.91. The van der Waals surface area contributed by atoms with E-state index in [4.69, 9.17) is 0 Å². The molecule has 1 aliphatic heterocycles. The molecule has 1 saturated heterocycles. The zero-order valence-electron chi connectivity index (χ0n) is 14.4. The monoisotopic (exact) mass is 347 g/mol. The van der Waals surface area contributed by atoms with Crippen molar-refractivity contribution < 1.29 is 8.42 Å². The maximum absolute atomic E-state index is 12.7. The van der Waals surface area contributed by atoms with Gasteiger partial charge in [0.05, 0.1) is 6.33 Å². The SMILES string of the molecule is Cc1ccccc1CCC1CCCN(S(=O)(=O)c2cn(C)cn2)C1. The van der Waals surface area contributed by atoms with Gasteiger partial charge in [0.15, 0.2) is 5.03 Å². The van der Waals surface area contributed by atoms with E-state index in [1.54, 1.807) is 22.1 Å². The lowest BCUT2D eigenvalue weighted by atomic mass is 9.91. The van der Waals surface area contributed by atoms with Gasteiger partial charge in [-0.05, 0) is 49.7 Å². The summed E-state index contributed by atoms with van der Waals surface area (Å²) in [6.45, 7) is 3.33. The van der Waals surface area contributed by atoms with E-state index in [1.165, 1.54) is 17.5 Å². The minimum atomic E-state index is -3.46. The van der Waals surface area contributed by atoms with E-state index in [2.05, 4.69) is 36.2 Å². The molecule has 3 rings (SSSR count). The summed E-state index contributed by atoms with van der Waals surface area (Å²) in [6.07, 6.45) is 7.16. The predicted octanol–water partition coefficient (Wildman–Crippen LogP) is 2.76. The van der Waals surface area contributed by atoms with Gasteiger partial charge in [-0.15, -0.1) is 0 Å². The number of piperidine rings is 1. The molecule has 0 aliphatic carbocycles. The first-order valence-electron chi connectivity index (χ1n) is 8.49. The zero-order chi connectivity index (χ0) is 17.2. The number of aromatic nitrogens is 2. The first-order valence-corrected chi connectivity index (χ1v) is 9.93. The average Bonchev–Trinajstić information content (AvgIpc) is 3.02. The molecular weight excluding hydrogens is 322 g/mol. The molecule has 0 radical (unpaired) electrons. The molecule has 1 fully saturated rings. The maximum Gasteiger partial charge on any atom is 0.262 e. The number of imidazole rings is 1. The largest absolute Gasteiger partial charge is 0.339 e. The Morgan fingerprint density at radius 3 is 2.79 bits per heavy atom. The van der Waals surface area contributed by atoms with E-state index < -0.39 is 10.0 Å². The number of hydrogen-bond acceptors (Lipinski definition) is 3. The van der Waals surface area contributed by atoms with Crippen LogP contribution in [0.5, 0.6) is 0 Å². The minimum absolute atomic E-state index is 0.157. The van der Waals surface area contributed by atoms with Crippen molar-refractivity contribution in [3.8, 4) is 0 Å². The quantitative estimate of drug-likeness (QED) is 0.836. The minimum Gasteiger partial charge on any atom is -0.339 e. The Bertz CT molecular complexity index is 798. The lowest BCUT2D eigenvalue weighted by Gasteiger charge is -2.31. The van der Waals surface area contributed by atoms with Crippen molar-refractivity contribution >= 4 is 10.0 Å². The molecule has 5 nitrogen and oxygen atoms in total. The summed E-state index contributed by atoms with van der Waals surface area (Å²) < 4.78 is 28.7. The highest BCUT2D eigenvalue weighted by Gasteiger charge is 2.31.